The average Bonchev–Trinajstić information content (AvgIpc) is 3.31. The van der Waals surface area contributed by atoms with Crippen LogP contribution in [0.25, 0.3) is 10.6 Å². The summed E-state index contributed by atoms with van der Waals surface area (Å²) in [4.78, 5) is 20.4. The lowest BCUT2D eigenvalue weighted by atomic mass is 10.2. The second-order valence-electron chi connectivity index (χ2n) is 7.31. The normalized spacial score (nSPS) is 15.9. The first-order chi connectivity index (χ1) is 14.4. The summed E-state index contributed by atoms with van der Waals surface area (Å²) >= 11 is 3.00. The van der Waals surface area contributed by atoms with E-state index in [-0.39, 0.29) is 12.5 Å². The van der Waals surface area contributed by atoms with E-state index in [2.05, 4.69) is 4.98 Å². The average molecular weight is 462 g/mol. The molecule has 0 unspecified atom stereocenters. The summed E-state index contributed by atoms with van der Waals surface area (Å²) in [6.45, 7) is 5.38. The van der Waals surface area contributed by atoms with Crippen molar-refractivity contribution in [1.29, 1.82) is 0 Å². The minimum atomic E-state index is -3.56. The molecular weight excluding hydrogens is 438 g/mol. The molecule has 1 saturated heterocycles. The topological polar surface area (TPSA) is 70.6 Å². The minimum absolute atomic E-state index is 0.0685. The van der Waals surface area contributed by atoms with Gasteiger partial charge in [-0.2, -0.15) is 15.6 Å². The second kappa shape index (κ2) is 8.58. The van der Waals surface area contributed by atoms with Crippen LogP contribution in [0.15, 0.2) is 46.0 Å². The number of thiazole rings is 1. The molecule has 3 heterocycles. The van der Waals surface area contributed by atoms with E-state index in [0.717, 1.165) is 21.8 Å². The van der Waals surface area contributed by atoms with E-state index in [1.165, 1.54) is 15.6 Å². The molecule has 0 N–H and O–H groups in total. The Hall–Kier alpha value is -2.07. The molecule has 4 rings (SSSR count). The van der Waals surface area contributed by atoms with Gasteiger partial charge in [-0.3, -0.25) is 4.79 Å². The van der Waals surface area contributed by atoms with Crippen LogP contribution in [0.4, 0.5) is 0 Å². The van der Waals surface area contributed by atoms with Crippen molar-refractivity contribution in [1.82, 2.24) is 14.2 Å². The van der Waals surface area contributed by atoms with E-state index < -0.39 is 10.0 Å². The Morgan fingerprint density at radius 1 is 1.03 bits per heavy atom. The number of amides is 1. The standard InChI is InChI=1S/C21H23N3O3S3/c1-15-4-6-18(7-5-15)30(26,27)24-10-3-9-23(11-12-24)21(25)19-16(2)22-20(29-19)17-8-13-28-14-17/h4-8,13-14H,3,9-12H2,1-2H3. The van der Waals surface area contributed by atoms with Crippen molar-refractivity contribution in [3.8, 4) is 10.6 Å². The molecule has 0 atom stereocenters. The van der Waals surface area contributed by atoms with Gasteiger partial charge in [-0.25, -0.2) is 13.4 Å². The molecule has 1 aliphatic heterocycles. The van der Waals surface area contributed by atoms with E-state index in [1.54, 1.807) is 40.5 Å². The third kappa shape index (κ3) is 4.20. The predicted octanol–water partition coefficient (Wildman–Crippen LogP) is 4.03. The Bertz CT molecular complexity index is 1140. The van der Waals surface area contributed by atoms with Crippen LogP contribution in [0.1, 0.15) is 27.3 Å². The number of hydrogen-bond donors (Lipinski definition) is 0. The molecule has 1 fully saturated rings. The first-order valence-electron chi connectivity index (χ1n) is 9.72. The van der Waals surface area contributed by atoms with Crippen LogP contribution >= 0.6 is 22.7 Å². The first kappa shape index (κ1) is 21.2. The van der Waals surface area contributed by atoms with E-state index in [0.29, 0.717) is 35.8 Å². The number of sulfonamides is 1. The molecule has 158 valence electrons. The Morgan fingerprint density at radius 2 is 1.80 bits per heavy atom. The number of thiophene rings is 1. The maximum absolute atomic E-state index is 13.2. The Morgan fingerprint density at radius 3 is 2.50 bits per heavy atom. The SMILES string of the molecule is Cc1ccc(S(=O)(=O)N2CCCN(C(=O)c3sc(-c4ccsc4)nc3C)CC2)cc1. The zero-order valence-electron chi connectivity index (χ0n) is 16.9. The lowest BCUT2D eigenvalue weighted by Gasteiger charge is -2.21. The number of hydrogen-bond acceptors (Lipinski definition) is 6. The lowest BCUT2D eigenvalue weighted by Crippen LogP contribution is -2.37. The Labute approximate surface area is 184 Å². The van der Waals surface area contributed by atoms with Crippen molar-refractivity contribution in [2.45, 2.75) is 25.2 Å². The summed E-state index contributed by atoms with van der Waals surface area (Å²) < 4.78 is 27.5. The van der Waals surface area contributed by atoms with Gasteiger partial charge in [-0.05, 0) is 43.8 Å². The maximum Gasteiger partial charge on any atom is 0.265 e. The monoisotopic (exact) mass is 461 g/mol. The third-order valence-electron chi connectivity index (χ3n) is 5.16. The van der Waals surface area contributed by atoms with Crippen LogP contribution < -0.4 is 0 Å². The van der Waals surface area contributed by atoms with Gasteiger partial charge >= 0.3 is 0 Å². The van der Waals surface area contributed by atoms with Crippen LogP contribution in [0.2, 0.25) is 0 Å². The number of nitrogens with zero attached hydrogens (tertiary/aromatic N) is 3. The highest BCUT2D eigenvalue weighted by Gasteiger charge is 2.29. The van der Waals surface area contributed by atoms with Crippen LogP contribution in [0.3, 0.4) is 0 Å². The molecule has 6 nitrogen and oxygen atoms in total. The summed E-state index contributed by atoms with van der Waals surface area (Å²) in [6.07, 6.45) is 0.603. The summed E-state index contributed by atoms with van der Waals surface area (Å²) in [5.74, 6) is -0.0685. The molecule has 0 saturated carbocycles. The van der Waals surface area contributed by atoms with Crippen LogP contribution in [0.5, 0.6) is 0 Å². The van der Waals surface area contributed by atoms with E-state index in [4.69, 9.17) is 0 Å². The zero-order chi connectivity index (χ0) is 21.3. The highest BCUT2D eigenvalue weighted by Crippen LogP contribution is 2.30. The second-order valence-corrected chi connectivity index (χ2v) is 11.0. The highest BCUT2D eigenvalue weighted by atomic mass is 32.2. The molecule has 1 amide bonds. The quantitative estimate of drug-likeness (QED) is 0.588. The Kier molecular flexibility index (Phi) is 6.06. The number of aromatic nitrogens is 1. The van der Waals surface area contributed by atoms with Crippen LogP contribution in [-0.4, -0.2) is 54.7 Å². The number of carbonyl (C=O) groups is 1. The molecule has 3 aromatic rings. The molecule has 1 aliphatic rings. The number of rotatable bonds is 4. The van der Waals surface area contributed by atoms with Gasteiger partial charge < -0.3 is 4.90 Å². The molecule has 30 heavy (non-hydrogen) atoms. The largest absolute Gasteiger partial charge is 0.337 e. The minimum Gasteiger partial charge on any atom is -0.337 e. The van der Waals surface area contributed by atoms with E-state index in [1.807, 2.05) is 30.7 Å². The predicted molar refractivity (Wildman–Crippen MR) is 121 cm³/mol. The summed E-state index contributed by atoms with van der Waals surface area (Å²) in [6, 6.07) is 8.89. The number of aryl methyl sites for hydroxylation is 2. The maximum atomic E-state index is 13.2. The van der Waals surface area contributed by atoms with Crippen molar-refractivity contribution in [2.75, 3.05) is 26.2 Å². The number of benzene rings is 1. The molecule has 9 heteroatoms. The fourth-order valence-corrected chi connectivity index (χ4v) is 6.66. The highest BCUT2D eigenvalue weighted by molar-refractivity contribution is 7.89. The van der Waals surface area contributed by atoms with Crippen molar-refractivity contribution >= 4 is 38.6 Å². The van der Waals surface area contributed by atoms with Gasteiger partial charge in [0.1, 0.15) is 9.88 Å². The van der Waals surface area contributed by atoms with E-state index in [9.17, 15) is 13.2 Å². The molecule has 0 bridgehead atoms. The smallest absolute Gasteiger partial charge is 0.265 e. The fourth-order valence-electron chi connectivity index (χ4n) is 3.44. The fraction of sp³-hybridized carbons (Fsp3) is 0.333. The van der Waals surface area contributed by atoms with Crippen molar-refractivity contribution in [3.05, 3.63) is 57.2 Å². The molecule has 0 radical (unpaired) electrons. The van der Waals surface area contributed by atoms with Crippen LogP contribution in [0, 0.1) is 13.8 Å². The Balaban J connectivity index is 1.49. The molecule has 0 spiro atoms. The molecular formula is C21H23N3O3S3. The van der Waals surface area contributed by atoms with E-state index >= 15 is 0 Å². The van der Waals surface area contributed by atoms with Crippen molar-refractivity contribution < 1.29 is 13.2 Å². The van der Waals surface area contributed by atoms with Gasteiger partial charge in [-0.15, -0.1) is 11.3 Å². The number of carbonyl (C=O) groups excluding carboxylic acids is 1. The van der Waals surface area contributed by atoms with Gasteiger partial charge in [0.15, 0.2) is 0 Å². The first-order valence-corrected chi connectivity index (χ1v) is 12.9. The van der Waals surface area contributed by atoms with Crippen molar-refractivity contribution in [3.63, 3.8) is 0 Å². The lowest BCUT2D eigenvalue weighted by molar-refractivity contribution is 0.0768. The third-order valence-corrected chi connectivity index (χ3v) is 8.95. The molecule has 2 aromatic heterocycles. The molecule has 0 aliphatic carbocycles. The summed E-state index contributed by atoms with van der Waals surface area (Å²) in [5.41, 5.74) is 2.77. The van der Waals surface area contributed by atoms with Gasteiger partial charge in [0, 0.05) is 37.1 Å². The van der Waals surface area contributed by atoms with Crippen molar-refractivity contribution in [2.24, 2.45) is 0 Å². The van der Waals surface area contributed by atoms with Gasteiger partial charge in [0.2, 0.25) is 10.0 Å². The van der Waals surface area contributed by atoms with Crippen LogP contribution in [-0.2, 0) is 10.0 Å². The van der Waals surface area contributed by atoms with Gasteiger partial charge in [-0.1, -0.05) is 17.7 Å². The van der Waals surface area contributed by atoms with Gasteiger partial charge in [0.25, 0.3) is 5.91 Å². The summed E-state index contributed by atoms with van der Waals surface area (Å²) in [5, 5.41) is 4.85. The molecule has 1 aromatic carbocycles. The zero-order valence-corrected chi connectivity index (χ0v) is 19.3. The summed E-state index contributed by atoms with van der Waals surface area (Å²) in [7, 11) is -3.56. The van der Waals surface area contributed by atoms with Gasteiger partial charge in [0.05, 0.1) is 10.6 Å².